The molecule has 0 aliphatic carbocycles. The molecule has 12 heteroatoms. The van der Waals surface area contributed by atoms with E-state index in [4.69, 9.17) is 0 Å². The van der Waals surface area contributed by atoms with Gasteiger partial charge in [0.15, 0.2) is 24.8 Å². The molecule has 5 aliphatic rings. The predicted molar refractivity (Wildman–Crippen MR) is 174 cm³/mol. The van der Waals surface area contributed by atoms with Crippen LogP contribution in [0.25, 0.3) is 11.1 Å². The molecule has 0 N–H and O–H groups in total. The Morgan fingerprint density at radius 1 is 0.553 bits per heavy atom. The molecule has 0 radical (unpaired) electrons. The Morgan fingerprint density at radius 2 is 0.947 bits per heavy atom. The highest BCUT2D eigenvalue weighted by Gasteiger charge is 2.30. The summed E-state index contributed by atoms with van der Waals surface area (Å²) >= 11 is 16.0. The van der Waals surface area contributed by atoms with Crippen molar-refractivity contribution in [3.8, 4) is 11.1 Å². The molecule has 2 aromatic heterocycles. The van der Waals surface area contributed by atoms with Crippen LogP contribution >= 0.6 is 94.1 Å². The van der Waals surface area contributed by atoms with Gasteiger partial charge in [-0.1, -0.05) is 47.0 Å². The fraction of sp³-hybridized carbons (Fsp3) is 0.385. The number of halogens is 2. The van der Waals surface area contributed by atoms with Crippen LogP contribution in [0.3, 0.4) is 0 Å². The van der Waals surface area contributed by atoms with Gasteiger partial charge in [-0.2, -0.15) is 0 Å². The molecular weight excluding hydrogens is 851 g/mol. The Labute approximate surface area is 295 Å². The van der Waals surface area contributed by atoms with Gasteiger partial charge in [0.05, 0.1) is 25.4 Å². The van der Waals surface area contributed by atoms with Crippen molar-refractivity contribution in [3.05, 3.63) is 74.5 Å². The van der Waals surface area contributed by atoms with E-state index < -0.39 is 0 Å². The summed E-state index contributed by atoms with van der Waals surface area (Å²) < 4.78 is 13.6. The summed E-state index contributed by atoms with van der Waals surface area (Å²) in [5.74, 6) is 2.38. The Bertz CT molecular complexity index is 1080. The van der Waals surface area contributed by atoms with Crippen molar-refractivity contribution in [2.75, 3.05) is 24.0 Å². The number of aryl methyl sites for hydroxylation is 2. The number of hydrogen-bond donors (Lipinski definition) is 0. The quantitative estimate of drug-likeness (QED) is 0.332. The van der Waals surface area contributed by atoms with Crippen LogP contribution in [0.5, 0.6) is 0 Å². The summed E-state index contributed by atoms with van der Waals surface area (Å²) in [5, 5.41) is 0. The normalized spacial score (nSPS) is 20.8. The third-order valence-electron chi connectivity index (χ3n) is 5.82. The molecule has 0 unspecified atom stereocenters. The van der Waals surface area contributed by atoms with Crippen LogP contribution in [0.4, 0.5) is 0 Å². The Balaban J connectivity index is 0.00000200. The number of hydrogen-bond acceptors (Lipinski definition) is 8. The van der Waals surface area contributed by atoms with Gasteiger partial charge in [-0.15, -0.1) is 47.0 Å². The van der Waals surface area contributed by atoms with Crippen molar-refractivity contribution < 1.29 is 57.1 Å². The van der Waals surface area contributed by atoms with Crippen LogP contribution in [-0.2, 0) is 13.1 Å². The van der Waals surface area contributed by atoms with Crippen molar-refractivity contribution in [2.24, 2.45) is 0 Å². The molecule has 0 fully saturated rings. The maximum absolute atomic E-state index is 2.32. The van der Waals surface area contributed by atoms with Gasteiger partial charge in [-0.05, 0) is 48.0 Å². The van der Waals surface area contributed by atoms with Crippen molar-refractivity contribution >= 4 is 94.1 Å². The smallest absolute Gasteiger partial charge is 0.169 e. The van der Waals surface area contributed by atoms with Crippen LogP contribution in [-0.4, -0.2) is 24.0 Å². The summed E-state index contributed by atoms with van der Waals surface area (Å²) in [6.07, 6.45) is 18.3. The van der Waals surface area contributed by atoms with E-state index in [-0.39, 0.29) is 48.0 Å². The van der Waals surface area contributed by atoms with Crippen LogP contribution < -0.4 is 57.1 Å². The first-order valence-corrected chi connectivity index (χ1v) is 19.7. The SMILES string of the molecule is CSC1=C2SCCCC[n+]3ccc(cc3)-c3cc[n+](cc3)CCCCSC3=C(SC)S/C(=C(\S1)S2)S3.[I-].[I-]. The minimum Gasteiger partial charge on any atom is -1.00 e. The Hall–Kier alpha value is 1.78. The average Bonchev–Trinajstić information content (AvgIpc) is 3.52. The van der Waals surface area contributed by atoms with Gasteiger partial charge < -0.3 is 48.0 Å². The fourth-order valence-electron chi connectivity index (χ4n) is 3.86. The van der Waals surface area contributed by atoms with E-state index in [1.165, 1.54) is 73.7 Å². The van der Waals surface area contributed by atoms with Gasteiger partial charge in [-0.25, -0.2) is 9.13 Å². The monoisotopic (exact) mass is 880 g/mol. The molecule has 206 valence electrons. The molecule has 2 aromatic rings. The second-order valence-electron chi connectivity index (χ2n) is 8.30. The molecule has 38 heavy (non-hydrogen) atoms. The standard InChI is InChI=1S/C26H30N2S8.2HI/c1-29-21-23-31-17-5-3-11-27-13-7-19(8-14-27)20-9-15-28(16-10-20)12-4-6-18-32-24-22(30-2)34-26(36-24)25(33-21)35-23;;/h7-10,13-16H,3-6,11-12,17-18H2,1-2H3;2*1H/q+2;;/p-2/b26-25-;;. The lowest BCUT2D eigenvalue weighted by Gasteiger charge is -2.05. The molecule has 0 saturated carbocycles. The van der Waals surface area contributed by atoms with Crippen molar-refractivity contribution in [1.29, 1.82) is 0 Å². The second kappa shape index (κ2) is 17.8. The number of pyridine rings is 2. The van der Waals surface area contributed by atoms with E-state index >= 15 is 0 Å². The third kappa shape index (κ3) is 9.39. The lowest BCUT2D eigenvalue weighted by atomic mass is 10.1. The number of nitrogens with zero attached hydrogens (tertiary/aromatic N) is 2. The summed E-state index contributed by atoms with van der Waals surface area (Å²) in [6.45, 7) is 2.16. The first-order chi connectivity index (χ1) is 17.7. The predicted octanol–water partition coefficient (Wildman–Crippen LogP) is 3.04. The third-order valence-corrected chi connectivity index (χ3v) is 17.3. The molecule has 8 bridgehead atoms. The number of aromatic nitrogens is 2. The summed E-state index contributed by atoms with van der Waals surface area (Å²) in [4.78, 5) is 0. The molecule has 0 spiro atoms. The fourth-order valence-corrected chi connectivity index (χ4v) is 15.1. The molecule has 7 rings (SSSR count). The Morgan fingerprint density at radius 3 is 1.32 bits per heavy atom. The largest absolute Gasteiger partial charge is 1.00 e. The highest BCUT2D eigenvalue weighted by Crippen LogP contribution is 2.65. The van der Waals surface area contributed by atoms with Gasteiger partial charge in [0.2, 0.25) is 0 Å². The van der Waals surface area contributed by atoms with Crippen LogP contribution in [0, 0.1) is 0 Å². The molecule has 2 nitrogen and oxygen atoms in total. The van der Waals surface area contributed by atoms with Gasteiger partial charge >= 0.3 is 0 Å². The lowest BCUT2D eigenvalue weighted by Crippen LogP contribution is -3.00. The van der Waals surface area contributed by atoms with E-state index in [0.29, 0.717) is 0 Å². The van der Waals surface area contributed by atoms with E-state index in [9.17, 15) is 0 Å². The minimum atomic E-state index is 0. The van der Waals surface area contributed by atoms with Crippen molar-refractivity contribution in [2.45, 2.75) is 38.8 Å². The first-order valence-electron chi connectivity index (χ1n) is 12.0. The highest BCUT2D eigenvalue weighted by atomic mass is 127. The van der Waals surface area contributed by atoms with Crippen LogP contribution in [0.15, 0.2) is 74.5 Å². The topological polar surface area (TPSA) is 7.76 Å². The minimum absolute atomic E-state index is 0. The molecule has 0 amide bonds. The zero-order chi connectivity index (χ0) is 24.7. The zero-order valence-electron chi connectivity index (χ0n) is 21.2. The lowest BCUT2D eigenvalue weighted by molar-refractivity contribution is -0.697. The van der Waals surface area contributed by atoms with Crippen LogP contribution in [0.2, 0.25) is 0 Å². The first kappa shape index (κ1) is 34.3. The number of thioether (sulfide) groups is 8. The van der Waals surface area contributed by atoms with E-state index in [1.807, 2.05) is 70.6 Å². The summed E-state index contributed by atoms with van der Waals surface area (Å²) in [6, 6.07) is 9.01. The van der Waals surface area contributed by atoms with Gasteiger partial charge in [-0.3, -0.25) is 0 Å². The maximum atomic E-state index is 2.32. The second-order valence-corrected chi connectivity index (χ2v) is 17.8. The average molecular weight is 881 g/mol. The highest BCUT2D eigenvalue weighted by molar-refractivity contribution is 8.45. The zero-order valence-corrected chi connectivity index (χ0v) is 32.0. The number of rotatable bonds is 2. The molecular formula is C26H30I2N2S8. The molecule has 5 aliphatic heterocycles. The maximum Gasteiger partial charge on any atom is 0.169 e. The van der Waals surface area contributed by atoms with E-state index in [2.05, 4.69) is 94.2 Å². The van der Waals surface area contributed by atoms with Crippen molar-refractivity contribution in [3.63, 3.8) is 0 Å². The molecule has 0 atom stereocenters. The van der Waals surface area contributed by atoms with Crippen molar-refractivity contribution in [1.82, 2.24) is 0 Å². The number of fused-ring (bicyclic) bond motifs is 2. The van der Waals surface area contributed by atoms with Gasteiger partial charge in [0.1, 0.15) is 13.1 Å². The van der Waals surface area contributed by atoms with Gasteiger partial charge in [0, 0.05) is 37.1 Å². The van der Waals surface area contributed by atoms with Gasteiger partial charge in [0.25, 0.3) is 0 Å². The van der Waals surface area contributed by atoms with E-state index in [1.54, 1.807) is 0 Å². The molecule has 0 aromatic carbocycles. The molecule has 0 saturated heterocycles. The Kier molecular flexibility index (Phi) is 16.0. The van der Waals surface area contributed by atoms with E-state index in [0.717, 1.165) is 13.1 Å². The van der Waals surface area contributed by atoms with Crippen LogP contribution in [0.1, 0.15) is 25.7 Å². The summed E-state index contributed by atoms with van der Waals surface area (Å²) in [5.41, 5.74) is 2.58. The summed E-state index contributed by atoms with van der Waals surface area (Å²) in [7, 11) is 0. The molecule has 7 heterocycles.